The predicted molar refractivity (Wildman–Crippen MR) is 83.9 cm³/mol. The highest BCUT2D eigenvalue weighted by Gasteiger charge is 2.25. The van der Waals surface area contributed by atoms with Crippen LogP contribution in [-0.4, -0.2) is 29.1 Å². The van der Waals surface area contributed by atoms with Crippen LogP contribution in [0.25, 0.3) is 10.9 Å². The molecule has 0 amide bonds. The first kappa shape index (κ1) is 13.9. The highest BCUT2D eigenvalue weighted by atomic mass is 16.4. The molecule has 1 saturated heterocycles. The number of aromatic carboxylic acids is 1. The van der Waals surface area contributed by atoms with E-state index in [1.165, 1.54) is 0 Å². The highest BCUT2D eigenvalue weighted by molar-refractivity contribution is 6.03. The molecule has 0 spiro atoms. The lowest BCUT2D eigenvalue weighted by Crippen LogP contribution is -2.37. The molecular weight excluding hydrogens is 264 g/mol. The number of rotatable bonds is 2. The molecule has 2 heterocycles. The molecule has 2 aromatic rings. The van der Waals surface area contributed by atoms with Crippen LogP contribution < -0.4 is 4.90 Å². The van der Waals surface area contributed by atoms with Gasteiger partial charge in [-0.2, -0.15) is 0 Å². The van der Waals surface area contributed by atoms with Crippen molar-refractivity contribution in [2.75, 3.05) is 18.0 Å². The summed E-state index contributed by atoms with van der Waals surface area (Å²) >= 11 is 0. The summed E-state index contributed by atoms with van der Waals surface area (Å²) in [7, 11) is 0. The standard InChI is InChI=1S/C17H20N2O2/c1-17(2)6-9-19(10-7-17)12-3-4-15-14(11-12)13(16(20)21)5-8-18-15/h3-5,8,11H,6-7,9-10H2,1-2H3,(H,20,21). The van der Waals surface area contributed by atoms with Crippen molar-refractivity contribution in [3.8, 4) is 0 Å². The minimum absolute atomic E-state index is 0.319. The van der Waals surface area contributed by atoms with E-state index in [2.05, 4.69) is 23.7 Å². The van der Waals surface area contributed by atoms with E-state index in [1.54, 1.807) is 12.3 Å². The number of aromatic nitrogens is 1. The summed E-state index contributed by atoms with van der Waals surface area (Å²) in [5.74, 6) is -0.903. The molecule has 1 aliphatic rings. The monoisotopic (exact) mass is 284 g/mol. The van der Waals surface area contributed by atoms with Gasteiger partial charge in [-0.15, -0.1) is 0 Å². The zero-order valence-corrected chi connectivity index (χ0v) is 12.5. The van der Waals surface area contributed by atoms with Crippen molar-refractivity contribution in [2.45, 2.75) is 26.7 Å². The van der Waals surface area contributed by atoms with Gasteiger partial charge >= 0.3 is 5.97 Å². The summed E-state index contributed by atoms with van der Waals surface area (Å²) < 4.78 is 0. The lowest BCUT2D eigenvalue weighted by atomic mass is 9.82. The van der Waals surface area contributed by atoms with E-state index in [-0.39, 0.29) is 0 Å². The summed E-state index contributed by atoms with van der Waals surface area (Å²) in [6.45, 7) is 6.64. The SMILES string of the molecule is CC1(C)CCN(c2ccc3nccc(C(=O)O)c3c2)CC1. The van der Waals surface area contributed by atoms with Gasteiger partial charge in [-0.3, -0.25) is 4.98 Å². The van der Waals surface area contributed by atoms with E-state index in [4.69, 9.17) is 0 Å². The number of carboxylic acids is 1. The molecule has 1 aromatic carbocycles. The maximum Gasteiger partial charge on any atom is 0.336 e. The van der Waals surface area contributed by atoms with Crippen LogP contribution in [0.5, 0.6) is 0 Å². The van der Waals surface area contributed by atoms with Crippen molar-refractivity contribution in [1.82, 2.24) is 4.98 Å². The molecule has 110 valence electrons. The first-order valence-corrected chi connectivity index (χ1v) is 7.33. The number of hydrogen-bond acceptors (Lipinski definition) is 3. The topological polar surface area (TPSA) is 53.4 Å². The Kier molecular flexibility index (Phi) is 3.32. The molecule has 4 heteroatoms. The second kappa shape index (κ2) is 5.02. The fourth-order valence-corrected chi connectivity index (χ4v) is 2.89. The van der Waals surface area contributed by atoms with Crippen LogP contribution in [0.1, 0.15) is 37.0 Å². The van der Waals surface area contributed by atoms with Crippen LogP contribution in [0.4, 0.5) is 5.69 Å². The zero-order valence-electron chi connectivity index (χ0n) is 12.5. The number of benzene rings is 1. The van der Waals surface area contributed by atoms with E-state index in [1.807, 2.05) is 18.2 Å². The Morgan fingerprint density at radius 3 is 2.62 bits per heavy atom. The van der Waals surface area contributed by atoms with E-state index >= 15 is 0 Å². The van der Waals surface area contributed by atoms with Gasteiger partial charge in [0, 0.05) is 30.4 Å². The normalized spacial score (nSPS) is 17.9. The molecule has 0 bridgehead atoms. The Morgan fingerprint density at radius 2 is 1.95 bits per heavy atom. The van der Waals surface area contributed by atoms with Crippen molar-refractivity contribution in [3.63, 3.8) is 0 Å². The van der Waals surface area contributed by atoms with Crippen LogP contribution in [0.15, 0.2) is 30.5 Å². The van der Waals surface area contributed by atoms with E-state index < -0.39 is 5.97 Å². The van der Waals surface area contributed by atoms with Gasteiger partial charge < -0.3 is 10.0 Å². The van der Waals surface area contributed by atoms with Crippen molar-refractivity contribution < 1.29 is 9.90 Å². The van der Waals surface area contributed by atoms with Gasteiger partial charge in [0.25, 0.3) is 0 Å². The molecular formula is C17H20N2O2. The van der Waals surface area contributed by atoms with Gasteiger partial charge in [-0.1, -0.05) is 13.8 Å². The smallest absolute Gasteiger partial charge is 0.336 e. The minimum Gasteiger partial charge on any atom is -0.478 e. The van der Waals surface area contributed by atoms with Gasteiger partial charge in [0.15, 0.2) is 0 Å². The Balaban J connectivity index is 1.97. The van der Waals surface area contributed by atoms with E-state index in [0.717, 1.165) is 37.1 Å². The molecule has 21 heavy (non-hydrogen) atoms. The fraction of sp³-hybridized carbons (Fsp3) is 0.412. The molecule has 0 unspecified atom stereocenters. The van der Waals surface area contributed by atoms with E-state index in [0.29, 0.717) is 16.4 Å². The molecule has 1 N–H and O–H groups in total. The summed E-state index contributed by atoms with van der Waals surface area (Å²) in [6, 6.07) is 7.48. The molecule has 4 nitrogen and oxygen atoms in total. The number of hydrogen-bond donors (Lipinski definition) is 1. The minimum atomic E-state index is -0.903. The molecule has 1 aliphatic heterocycles. The Labute approximate surface area is 124 Å². The molecule has 1 fully saturated rings. The lowest BCUT2D eigenvalue weighted by Gasteiger charge is -2.38. The fourth-order valence-electron chi connectivity index (χ4n) is 2.89. The third kappa shape index (κ3) is 2.71. The Hall–Kier alpha value is -2.10. The summed E-state index contributed by atoms with van der Waals surface area (Å²) in [6.07, 6.45) is 3.86. The number of carboxylic acid groups (broad SMARTS) is 1. The first-order valence-electron chi connectivity index (χ1n) is 7.33. The lowest BCUT2D eigenvalue weighted by molar-refractivity contribution is 0.0699. The van der Waals surface area contributed by atoms with Crippen molar-refractivity contribution in [3.05, 3.63) is 36.0 Å². The Bertz CT molecular complexity index is 684. The van der Waals surface area contributed by atoms with Crippen molar-refractivity contribution >= 4 is 22.6 Å². The zero-order chi connectivity index (χ0) is 15.0. The molecule has 1 aromatic heterocycles. The molecule has 0 saturated carbocycles. The van der Waals surface area contributed by atoms with Crippen LogP contribution in [-0.2, 0) is 0 Å². The number of carbonyl (C=O) groups is 1. The van der Waals surface area contributed by atoms with Crippen molar-refractivity contribution in [2.24, 2.45) is 5.41 Å². The molecule has 0 atom stereocenters. The summed E-state index contributed by atoms with van der Waals surface area (Å²) in [5, 5.41) is 10.0. The van der Waals surface area contributed by atoms with Crippen LogP contribution in [0, 0.1) is 5.41 Å². The largest absolute Gasteiger partial charge is 0.478 e. The quantitative estimate of drug-likeness (QED) is 0.916. The summed E-state index contributed by atoms with van der Waals surface area (Å²) in [4.78, 5) is 17.9. The molecule has 0 radical (unpaired) electrons. The third-order valence-electron chi connectivity index (χ3n) is 4.44. The third-order valence-corrected chi connectivity index (χ3v) is 4.44. The average molecular weight is 284 g/mol. The number of pyridine rings is 1. The van der Waals surface area contributed by atoms with Gasteiger partial charge in [-0.05, 0) is 42.5 Å². The van der Waals surface area contributed by atoms with Gasteiger partial charge in [0.2, 0.25) is 0 Å². The van der Waals surface area contributed by atoms with E-state index in [9.17, 15) is 9.90 Å². The van der Waals surface area contributed by atoms with Crippen molar-refractivity contribution in [1.29, 1.82) is 0 Å². The maximum atomic E-state index is 11.3. The van der Waals surface area contributed by atoms with Gasteiger partial charge in [-0.25, -0.2) is 4.79 Å². The maximum absolute atomic E-state index is 11.3. The number of fused-ring (bicyclic) bond motifs is 1. The van der Waals surface area contributed by atoms with Crippen LogP contribution in [0.3, 0.4) is 0 Å². The van der Waals surface area contributed by atoms with Gasteiger partial charge in [0.05, 0.1) is 11.1 Å². The molecule has 0 aliphatic carbocycles. The highest BCUT2D eigenvalue weighted by Crippen LogP contribution is 2.33. The number of anilines is 1. The number of nitrogens with zero attached hydrogens (tertiary/aromatic N) is 2. The first-order chi connectivity index (χ1) is 9.96. The Morgan fingerprint density at radius 1 is 1.24 bits per heavy atom. The van der Waals surface area contributed by atoms with Crippen LogP contribution >= 0.6 is 0 Å². The second-order valence-electron chi connectivity index (χ2n) is 6.52. The summed E-state index contributed by atoms with van der Waals surface area (Å²) in [5.41, 5.74) is 2.55. The van der Waals surface area contributed by atoms with Crippen LogP contribution in [0.2, 0.25) is 0 Å². The molecule has 3 rings (SSSR count). The van der Waals surface area contributed by atoms with Gasteiger partial charge in [0.1, 0.15) is 0 Å². The second-order valence-corrected chi connectivity index (χ2v) is 6.52. The predicted octanol–water partition coefficient (Wildman–Crippen LogP) is 3.56. The number of piperidine rings is 1. The average Bonchev–Trinajstić information content (AvgIpc) is 2.46.